The zero-order chi connectivity index (χ0) is 17.6. The Balaban J connectivity index is 2.83. The molecular weight excluding hydrogens is 326 g/mol. The number of rotatable bonds is 6. The van der Waals surface area contributed by atoms with Crippen LogP contribution in [-0.2, 0) is 19.7 Å². The van der Waals surface area contributed by atoms with Gasteiger partial charge in [0.25, 0.3) is 16.0 Å². The molecule has 0 spiro atoms. The quantitative estimate of drug-likeness (QED) is 0.328. The van der Waals surface area contributed by atoms with Gasteiger partial charge in [-0.05, 0) is 31.2 Å². The first-order chi connectivity index (χ1) is 10.6. The van der Waals surface area contributed by atoms with E-state index in [1.807, 2.05) is 0 Å². The van der Waals surface area contributed by atoms with E-state index < -0.39 is 28.0 Å². The van der Waals surface area contributed by atoms with Gasteiger partial charge in [-0.3, -0.25) is 14.1 Å². The van der Waals surface area contributed by atoms with Gasteiger partial charge < -0.3 is 15.7 Å². The number of amides is 1. The molecule has 0 aliphatic rings. The van der Waals surface area contributed by atoms with Crippen LogP contribution in [-0.4, -0.2) is 36.0 Å². The standard InChI is InChI=1S/C13H13N3O6S/c1-8(13(18)19)15-7-9(6-14)12(17)16-10-2-4-11(5-3-10)23(20,21)22/h2-5,7-8,15H,1H3,(H,16,17)(H,18,19)(H,20,21,22)/b9-7-. The van der Waals surface area contributed by atoms with Crippen LogP contribution in [0.2, 0.25) is 0 Å². The minimum atomic E-state index is -4.34. The van der Waals surface area contributed by atoms with Crippen molar-refractivity contribution in [3.8, 4) is 6.07 Å². The van der Waals surface area contributed by atoms with Crippen molar-refractivity contribution in [1.29, 1.82) is 5.26 Å². The van der Waals surface area contributed by atoms with Crippen LogP contribution in [0.1, 0.15) is 6.92 Å². The Bertz CT molecular complexity index is 777. The molecule has 1 amide bonds. The van der Waals surface area contributed by atoms with Crippen molar-refractivity contribution < 1.29 is 27.7 Å². The minimum absolute atomic E-state index is 0.190. The number of nitrogens with one attached hydrogen (secondary N) is 2. The number of nitrogens with zero attached hydrogens (tertiary/aromatic N) is 1. The first-order valence-electron chi connectivity index (χ1n) is 6.13. The van der Waals surface area contributed by atoms with Crippen LogP contribution < -0.4 is 10.6 Å². The van der Waals surface area contributed by atoms with Crippen molar-refractivity contribution >= 4 is 27.7 Å². The molecule has 10 heteroatoms. The number of hydrogen-bond acceptors (Lipinski definition) is 6. The van der Waals surface area contributed by atoms with Crippen LogP contribution in [0.5, 0.6) is 0 Å². The molecule has 0 radical (unpaired) electrons. The number of aliphatic carboxylic acids is 1. The highest BCUT2D eigenvalue weighted by atomic mass is 32.2. The average Bonchev–Trinajstić information content (AvgIpc) is 2.47. The Morgan fingerprint density at radius 2 is 1.87 bits per heavy atom. The molecule has 4 N–H and O–H groups in total. The number of carboxylic acid groups (broad SMARTS) is 1. The third-order valence-corrected chi connectivity index (χ3v) is 3.49. The lowest BCUT2D eigenvalue weighted by molar-refractivity contribution is -0.138. The van der Waals surface area contributed by atoms with E-state index in [1.165, 1.54) is 19.1 Å². The SMILES string of the molecule is CC(N/C=C(/C#N)C(=O)Nc1ccc(S(=O)(=O)O)cc1)C(=O)O. The van der Waals surface area contributed by atoms with E-state index >= 15 is 0 Å². The van der Waals surface area contributed by atoms with Gasteiger partial charge in [-0.15, -0.1) is 0 Å². The molecule has 122 valence electrons. The first kappa shape index (κ1) is 18.1. The number of carbonyl (C=O) groups excluding carboxylic acids is 1. The van der Waals surface area contributed by atoms with Gasteiger partial charge in [0.05, 0.1) is 4.90 Å². The van der Waals surface area contributed by atoms with E-state index in [0.29, 0.717) is 0 Å². The Kier molecular flexibility index (Phi) is 5.83. The first-order valence-corrected chi connectivity index (χ1v) is 7.57. The van der Waals surface area contributed by atoms with E-state index in [4.69, 9.17) is 14.9 Å². The molecule has 0 saturated heterocycles. The molecule has 0 heterocycles. The molecular formula is C13H13N3O6S. The van der Waals surface area contributed by atoms with E-state index in [9.17, 15) is 18.0 Å². The molecule has 1 unspecified atom stereocenters. The predicted octanol–water partition coefficient (Wildman–Crippen LogP) is 0.342. The summed E-state index contributed by atoms with van der Waals surface area (Å²) in [6, 6.07) is 5.22. The summed E-state index contributed by atoms with van der Waals surface area (Å²) in [4.78, 5) is 22.1. The molecule has 9 nitrogen and oxygen atoms in total. The lowest BCUT2D eigenvalue weighted by atomic mass is 10.2. The summed E-state index contributed by atoms with van der Waals surface area (Å²) in [5.74, 6) is -1.96. The average molecular weight is 339 g/mol. The largest absolute Gasteiger partial charge is 0.480 e. The second-order valence-corrected chi connectivity index (χ2v) is 5.77. The smallest absolute Gasteiger partial charge is 0.325 e. The second-order valence-electron chi connectivity index (χ2n) is 4.35. The van der Waals surface area contributed by atoms with Gasteiger partial charge in [0, 0.05) is 11.9 Å². The summed E-state index contributed by atoms with van der Waals surface area (Å²) < 4.78 is 30.6. The van der Waals surface area contributed by atoms with Crippen LogP contribution in [0.25, 0.3) is 0 Å². The molecule has 0 saturated carbocycles. The predicted molar refractivity (Wildman–Crippen MR) is 78.8 cm³/mol. The minimum Gasteiger partial charge on any atom is -0.480 e. The maximum atomic E-state index is 11.9. The number of anilines is 1. The summed E-state index contributed by atoms with van der Waals surface area (Å²) in [6.45, 7) is 1.33. The highest BCUT2D eigenvalue weighted by Crippen LogP contribution is 2.14. The van der Waals surface area contributed by atoms with E-state index in [2.05, 4.69) is 10.6 Å². The third kappa shape index (κ3) is 5.42. The fourth-order valence-electron chi connectivity index (χ4n) is 1.34. The van der Waals surface area contributed by atoms with Gasteiger partial charge in [-0.2, -0.15) is 13.7 Å². The van der Waals surface area contributed by atoms with Crippen LogP contribution in [0.4, 0.5) is 5.69 Å². The highest BCUT2D eigenvalue weighted by Gasteiger charge is 2.13. The van der Waals surface area contributed by atoms with Gasteiger partial charge in [0.1, 0.15) is 17.7 Å². The van der Waals surface area contributed by atoms with E-state index in [0.717, 1.165) is 18.3 Å². The Morgan fingerprint density at radius 1 is 1.30 bits per heavy atom. The Labute approximate surface area is 132 Å². The fourth-order valence-corrected chi connectivity index (χ4v) is 1.82. The second kappa shape index (κ2) is 7.39. The monoisotopic (exact) mass is 339 g/mol. The number of carboxylic acids is 1. The molecule has 0 bridgehead atoms. The van der Waals surface area contributed by atoms with Crippen LogP contribution in [0.3, 0.4) is 0 Å². The number of carbonyl (C=O) groups is 2. The van der Waals surface area contributed by atoms with Crippen molar-refractivity contribution in [3.63, 3.8) is 0 Å². The Morgan fingerprint density at radius 3 is 2.30 bits per heavy atom. The van der Waals surface area contributed by atoms with Crippen molar-refractivity contribution in [2.45, 2.75) is 17.9 Å². The van der Waals surface area contributed by atoms with Crippen molar-refractivity contribution in [1.82, 2.24) is 5.32 Å². The van der Waals surface area contributed by atoms with Gasteiger partial charge >= 0.3 is 5.97 Å². The lowest BCUT2D eigenvalue weighted by Crippen LogP contribution is -2.30. The highest BCUT2D eigenvalue weighted by molar-refractivity contribution is 7.85. The lowest BCUT2D eigenvalue weighted by Gasteiger charge is -2.07. The van der Waals surface area contributed by atoms with Crippen LogP contribution in [0, 0.1) is 11.3 Å². The van der Waals surface area contributed by atoms with Crippen molar-refractivity contribution in [2.24, 2.45) is 0 Å². The van der Waals surface area contributed by atoms with Crippen LogP contribution >= 0.6 is 0 Å². The topological polar surface area (TPSA) is 157 Å². The normalized spacial score (nSPS) is 12.8. The molecule has 1 rings (SSSR count). The van der Waals surface area contributed by atoms with Gasteiger partial charge in [-0.1, -0.05) is 0 Å². The zero-order valence-corrected chi connectivity index (χ0v) is 12.7. The molecule has 0 aromatic heterocycles. The van der Waals surface area contributed by atoms with Crippen LogP contribution in [0.15, 0.2) is 40.9 Å². The number of nitriles is 1. The number of benzene rings is 1. The van der Waals surface area contributed by atoms with Crippen molar-refractivity contribution in [2.75, 3.05) is 5.32 Å². The van der Waals surface area contributed by atoms with Gasteiger partial charge in [0.15, 0.2) is 0 Å². The summed E-state index contributed by atoms with van der Waals surface area (Å²) >= 11 is 0. The molecule has 1 aromatic rings. The molecule has 23 heavy (non-hydrogen) atoms. The molecule has 0 aliphatic heterocycles. The third-order valence-electron chi connectivity index (χ3n) is 2.62. The summed E-state index contributed by atoms with van der Waals surface area (Å²) in [6.07, 6.45) is 0.973. The molecule has 0 fully saturated rings. The van der Waals surface area contributed by atoms with Gasteiger partial charge in [-0.25, -0.2) is 0 Å². The molecule has 1 atom stereocenters. The molecule has 0 aliphatic carbocycles. The maximum Gasteiger partial charge on any atom is 0.325 e. The van der Waals surface area contributed by atoms with E-state index in [1.54, 1.807) is 6.07 Å². The summed E-state index contributed by atoms with van der Waals surface area (Å²) in [5.41, 5.74) is -0.174. The summed E-state index contributed by atoms with van der Waals surface area (Å²) in [7, 11) is -4.34. The summed E-state index contributed by atoms with van der Waals surface area (Å²) in [5, 5.41) is 22.3. The zero-order valence-electron chi connectivity index (χ0n) is 11.8. The maximum absolute atomic E-state index is 11.9. The number of hydrogen-bond donors (Lipinski definition) is 4. The van der Waals surface area contributed by atoms with E-state index in [-0.39, 0.29) is 16.2 Å². The fraction of sp³-hybridized carbons (Fsp3) is 0.154. The molecule has 1 aromatic carbocycles. The van der Waals surface area contributed by atoms with Gasteiger partial charge in [0.2, 0.25) is 0 Å². The van der Waals surface area contributed by atoms with Crippen molar-refractivity contribution in [3.05, 3.63) is 36.0 Å². The Hall–Kier alpha value is -2.90.